The Morgan fingerprint density at radius 1 is 1.46 bits per heavy atom. The van der Waals surface area contributed by atoms with E-state index < -0.39 is 0 Å². The number of carbonyl (C=O) groups is 2. The lowest BCUT2D eigenvalue weighted by Crippen LogP contribution is -2.31. The molecule has 0 bridgehead atoms. The molecule has 1 heterocycles. The van der Waals surface area contributed by atoms with Crippen LogP contribution in [-0.2, 0) is 9.59 Å². The Hall–Kier alpha value is -0.903. The first-order valence-corrected chi connectivity index (χ1v) is 6.46. The summed E-state index contributed by atoms with van der Waals surface area (Å²) in [6, 6.07) is 1.15. The van der Waals surface area contributed by atoms with E-state index in [1.807, 2.05) is 0 Å². The lowest BCUT2D eigenvalue weighted by atomic mass is 10.3. The summed E-state index contributed by atoms with van der Waals surface area (Å²) in [6.07, 6.45) is 2.37. The summed E-state index contributed by atoms with van der Waals surface area (Å²) in [5, 5.41) is 0. The zero-order chi connectivity index (χ0) is 9.84. The number of amides is 2. The molecular weight excluding hydrogens is 182 g/mol. The Morgan fingerprint density at radius 3 is 2.62 bits per heavy atom. The average Bonchev–Trinajstić information content (AvgIpc) is 2.32. The average molecular weight is 196 g/mol. The summed E-state index contributed by atoms with van der Waals surface area (Å²) in [5.74, 6) is -0.260. The fourth-order valence-corrected chi connectivity index (χ4v) is 1.89. The van der Waals surface area contributed by atoms with Crippen molar-refractivity contribution in [1.82, 2.24) is 4.90 Å². The molecule has 13 heavy (non-hydrogen) atoms. The second-order valence-corrected chi connectivity index (χ2v) is 4.57. The van der Waals surface area contributed by atoms with Crippen molar-refractivity contribution >= 4 is 21.3 Å². The van der Waals surface area contributed by atoms with Crippen LogP contribution in [0, 0.1) is 0 Å². The van der Waals surface area contributed by atoms with Crippen LogP contribution in [0.5, 0.6) is 0 Å². The third kappa shape index (κ3) is 2.27. The minimum Gasteiger partial charge on any atom is -0.275 e. The number of rotatable bonds is 4. The molecule has 0 aromatic carbocycles. The van der Waals surface area contributed by atoms with Gasteiger partial charge in [-0.25, -0.2) is 0 Å². The molecule has 70 valence electrons. The highest BCUT2D eigenvalue weighted by Gasteiger charge is 2.27. The quantitative estimate of drug-likeness (QED) is 0.375. The molecule has 0 N–H and O–H groups in total. The highest BCUT2D eigenvalue weighted by Crippen LogP contribution is 2.12. The zero-order valence-corrected chi connectivity index (χ0v) is 9.19. The molecule has 0 fully saturated rings. The van der Waals surface area contributed by atoms with Crippen molar-refractivity contribution in [3.63, 3.8) is 0 Å². The molecule has 0 aromatic rings. The van der Waals surface area contributed by atoms with Gasteiger partial charge in [-0.05, 0) is 13.3 Å². The number of carbonyl (C=O) groups excluding carboxylic acids is 2. The van der Waals surface area contributed by atoms with Gasteiger partial charge < -0.3 is 0 Å². The van der Waals surface area contributed by atoms with Crippen LogP contribution in [0.4, 0.5) is 0 Å². The van der Waals surface area contributed by atoms with Gasteiger partial charge in [0.15, 0.2) is 0 Å². The SMILES string of the molecule is C[SiH+]CCCN1C(=O)C=C(C)C1=O. The van der Waals surface area contributed by atoms with E-state index in [9.17, 15) is 9.59 Å². The van der Waals surface area contributed by atoms with E-state index in [0.29, 0.717) is 21.6 Å². The van der Waals surface area contributed by atoms with E-state index >= 15 is 0 Å². The van der Waals surface area contributed by atoms with Gasteiger partial charge in [0.1, 0.15) is 0 Å². The van der Waals surface area contributed by atoms with Crippen LogP contribution in [0.15, 0.2) is 11.6 Å². The van der Waals surface area contributed by atoms with Crippen molar-refractivity contribution in [3.8, 4) is 0 Å². The van der Waals surface area contributed by atoms with E-state index in [-0.39, 0.29) is 11.8 Å². The molecule has 0 aliphatic carbocycles. The first-order chi connectivity index (χ1) is 6.16. The summed E-state index contributed by atoms with van der Waals surface area (Å²) >= 11 is 0. The molecule has 0 unspecified atom stereocenters. The predicted octanol–water partition coefficient (Wildman–Crippen LogP) is 0.595. The van der Waals surface area contributed by atoms with Crippen LogP contribution in [0.1, 0.15) is 13.3 Å². The van der Waals surface area contributed by atoms with E-state index in [1.54, 1.807) is 6.92 Å². The molecule has 0 saturated carbocycles. The third-order valence-corrected chi connectivity index (χ3v) is 3.05. The number of hydrogen-bond acceptors (Lipinski definition) is 2. The van der Waals surface area contributed by atoms with E-state index in [1.165, 1.54) is 11.0 Å². The fraction of sp³-hybridized carbons (Fsp3) is 0.556. The topological polar surface area (TPSA) is 37.4 Å². The summed E-state index contributed by atoms with van der Waals surface area (Å²) in [5.41, 5.74) is 0.564. The van der Waals surface area contributed by atoms with Crippen molar-refractivity contribution in [1.29, 1.82) is 0 Å². The van der Waals surface area contributed by atoms with Crippen molar-refractivity contribution < 1.29 is 9.59 Å². The maximum atomic E-state index is 11.4. The standard InChI is InChI=1S/C9H14NO2Si/c1-7-6-8(11)10(9(7)12)4-3-5-13-2/h6,13H,3-5H2,1-2H3/q+1. The second-order valence-electron chi connectivity index (χ2n) is 3.17. The minimum absolute atomic E-state index is 0.115. The van der Waals surface area contributed by atoms with Gasteiger partial charge in [-0.15, -0.1) is 0 Å². The summed E-state index contributed by atoms with van der Waals surface area (Å²) in [4.78, 5) is 23.9. The van der Waals surface area contributed by atoms with Crippen molar-refractivity contribution in [2.45, 2.75) is 25.9 Å². The smallest absolute Gasteiger partial charge is 0.275 e. The summed E-state index contributed by atoms with van der Waals surface area (Å²) in [7, 11) is 0.478. The van der Waals surface area contributed by atoms with Crippen molar-refractivity contribution in [2.24, 2.45) is 0 Å². The Bertz CT molecular complexity index is 260. The Kier molecular flexibility index (Phi) is 3.42. The number of hydrogen-bond donors (Lipinski definition) is 0. The van der Waals surface area contributed by atoms with E-state index in [2.05, 4.69) is 6.55 Å². The Morgan fingerprint density at radius 2 is 2.15 bits per heavy atom. The molecule has 0 spiro atoms. The predicted molar refractivity (Wildman–Crippen MR) is 52.9 cm³/mol. The molecule has 1 aliphatic heterocycles. The van der Waals surface area contributed by atoms with Crippen molar-refractivity contribution in [2.75, 3.05) is 6.54 Å². The zero-order valence-electron chi connectivity index (χ0n) is 8.04. The van der Waals surface area contributed by atoms with Gasteiger partial charge in [0.05, 0.1) is 12.6 Å². The molecule has 0 atom stereocenters. The van der Waals surface area contributed by atoms with Gasteiger partial charge in [-0.2, -0.15) is 0 Å². The van der Waals surface area contributed by atoms with Crippen LogP contribution < -0.4 is 0 Å². The van der Waals surface area contributed by atoms with Crippen LogP contribution in [0.25, 0.3) is 0 Å². The normalized spacial score (nSPS) is 16.5. The second kappa shape index (κ2) is 4.37. The van der Waals surface area contributed by atoms with Crippen molar-refractivity contribution in [3.05, 3.63) is 11.6 Å². The number of imide groups is 1. The maximum absolute atomic E-state index is 11.4. The van der Waals surface area contributed by atoms with Crippen LogP contribution >= 0.6 is 0 Å². The van der Waals surface area contributed by atoms with Gasteiger partial charge in [-0.3, -0.25) is 14.5 Å². The maximum Gasteiger partial charge on any atom is 0.295 e. The first kappa shape index (κ1) is 10.2. The van der Waals surface area contributed by atoms with Gasteiger partial charge in [0, 0.05) is 18.2 Å². The highest BCUT2D eigenvalue weighted by atomic mass is 28.2. The molecule has 0 radical (unpaired) electrons. The summed E-state index contributed by atoms with van der Waals surface area (Å²) < 4.78 is 0. The highest BCUT2D eigenvalue weighted by molar-refractivity contribution is 6.33. The molecule has 2 amide bonds. The molecule has 0 aromatic heterocycles. The molecule has 1 rings (SSSR count). The van der Waals surface area contributed by atoms with Gasteiger partial charge in [-0.1, -0.05) is 0 Å². The van der Waals surface area contributed by atoms with Gasteiger partial charge in [0.25, 0.3) is 21.3 Å². The first-order valence-electron chi connectivity index (χ1n) is 4.48. The molecule has 0 saturated heterocycles. The van der Waals surface area contributed by atoms with Gasteiger partial charge in [0.2, 0.25) is 0 Å². The van der Waals surface area contributed by atoms with Crippen LogP contribution in [0.2, 0.25) is 12.6 Å². The van der Waals surface area contributed by atoms with Crippen LogP contribution in [0.3, 0.4) is 0 Å². The minimum atomic E-state index is -0.145. The van der Waals surface area contributed by atoms with E-state index in [4.69, 9.17) is 0 Å². The Balaban J connectivity index is 2.44. The molecule has 4 heteroatoms. The molecular formula is C9H14NO2Si+. The third-order valence-electron chi connectivity index (χ3n) is 2.06. The van der Waals surface area contributed by atoms with Crippen LogP contribution in [-0.4, -0.2) is 32.8 Å². The summed E-state index contributed by atoms with van der Waals surface area (Å²) in [6.45, 7) is 4.45. The molecule has 3 nitrogen and oxygen atoms in total. The lowest BCUT2D eigenvalue weighted by molar-refractivity contribution is -0.137. The Labute approximate surface area is 80.6 Å². The van der Waals surface area contributed by atoms with Gasteiger partial charge >= 0.3 is 0 Å². The van der Waals surface area contributed by atoms with E-state index in [0.717, 1.165) is 12.5 Å². The fourth-order valence-electron chi connectivity index (χ4n) is 1.30. The molecule has 1 aliphatic rings. The monoisotopic (exact) mass is 196 g/mol. The number of nitrogens with zero attached hydrogens (tertiary/aromatic N) is 1. The largest absolute Gasteiger partial charge is 0.295 e. The lowest BCUT2D eigenvalue weighted by Gasteiger charge is -2.12.